The van der Waals surface area contributed by atoms with Gasteiger partial charge in [0.15, 0.2) is 0 Å². The second-order valence-electron chi connectivity index (χ2n) is 4.52. The maximum Gasteiger partial charge on any atom is 0.307 e. The molecule has 0 amide bonds. The smallest absolute Gasteiger partial charge is 0.307 e. The third-order valence-electron chi connectivity index (χ3n) is 3.06. The maximum atomic E-state index is 13.0. The third kappa shape index (κ3) is 3.68. The second-order valence-corrected chi connectivity index (χ2v) is 4.93. The van der Waals surface area contributed by atoms with Gasteiger partial charge in [-0.05, 0) is 31.7 Å². The lowest BCUT2D eigenvalue weighted by Crippen LogP contribution is -2.30. The van der Waals surface area contributed by atoms with E-state index >= 15 is 0 Å². The molecule has 2 atom stereocenters. The van der Waals surface area contributed by atoms with Crippen molar-refractivity contribution < 1.29 is 14.3 Å². The number of carboxylic acids is 1. The highest BCUT2D eigenvalue weighted by atomic mass is 35.5. The van der Waals surface area contributed by atoms with E-state index in [4.69, 9.17) is 16.7 Å². The molecule has 0 aliphatic rings. The highest BCUT2D eigenvalue weighted by Gasteiger charge is 2.20. The Hall–Kier alpha value is -1.13. The molecule has 18 heavy (non-hydrogen) atoms. The van der Waals surface area contributed by atoms with E-state index in [0.29, 0.717) is 11.6 Å². The Morgan fingerprint density at radius 2 is 2.11 bits per heavy atom. The van der Waals surface area contributed by atoms with Gasteiger partial charge in [-0.2, -0.15) is 0 Å². The number of benzene rings is 1. The average molecular weight is 274 g/mol. The Bertz CT molecular complexity index is 439. The summed E-state index contributed by atoms with van der Waals surface area (Å²) in [6.07, 6.45) is 0. The second kappa shape index (κ2) is 6.16. The standard InChI is InChI=1S/C13H17ClFNO2/c1-8(13(17)18)7-16(3)9(2)11-5-4-10(15)6-12(11)14/h4-6,8-9H,7H2,1-3H3,(H,17,18). The number of nitrogens with zero attached hydrogens (tertiary/aromatic N) is 1. The molecule has 5 heteroatoms. The summed E-state index contributed by atoms with van der Waals surface area (Å²) < 4.78 is 13.0. The van der Waals surface area contributed by atoms with E-state index in [1.54, 1.807) is 13.0 Å². The van der Waals surface area contributed by atoms with E-state index in [-0.39, 0.29) is 11.9 Å². The van der Waals surface area contributed by atoms with Crippen LogP contribution in [-0.2, 0) is 4.79 Å². The monoisotopic (exact) mass is 273 g/mol. The molecule has 100 valence electrons. The summed E-state index contributed by atoms with van der Waals surface area (Å²) in [6.45, 7) is 3.97. The number of hydrogen-bond acceptors (Lipinski definition) is 2. The van der Waals surface area contributed by atoms with Crippen molar-refractivity contribution >= 4 is 17.6 Å². The van der Waals surface area contributed by atoms with Gasteiger partial charge in [-0.3, -0.25) is 9.69 Å². The lowest BCUT2D eigenvalue weighted by Gasteiger charge is -2.27. The molecule has 1 rings (SSSR count). The molecule has 0 aliphatic carbocycles. The Labute approximate surface area is 111 Å². The van der Waals surface area contributed by atoms with E-state index in [1.165, 1.54) is 12.1 Å². The Morgan fingerprint density at radius 1 is 1.50 bits per heavy atom. The molecule has 0 aromatic heterocycles. The molecule has 0 bridgehead atoms. The zero-order chi connectivity index (χ0) is 13.9. The lowest BCUT2D eigenvalue weighted by molar-refractivity contribution is -0.141. The Morgan fingerprint density at radius 3 is 2.61 bits per heavy atom. The van der Waals surface area contributed by atoms with Crippen molar-refractivity contribution in [2.45, 2.75) is 19.9 Å². The predicted molar refractivity (Wildman–Crippen MR) is 69.3 cm³/mol. The number of rotatable bonds is 5. The summed E-state index contributed by atoms with van der Waals surface area (Å²) in [5, 5.41) is 9.23. The fraction of sp³-hybridized carbons (Fsp3) is 0.462. The van der Waals surface area contributed by atoms with Gasteiger partial charge in [-0.25, -0.2) is 4.39 Å². The van der Waals surface area contributed by atoms with Crippen molar-refractivity contribution in [2.75, 3.05) is 13.6 Å². The largest absolute Gasteiger partial charge is 0.481 e. The van der Waals surface area contributed by atoms with Gasteiger partial charge in [0.1, 0.15) is 5.82 Å². The summed E-state index contributed by atoms with van der Waals surface area (Å²) in [5.41, 5.74) is 0.790. The van der Waals surface area contributed by atoms with Crippen LogP contribution in [0.4, 0.5) is 4.39 Å². The number of aliphatic carboxylic acids is 1. The molecule has 0 heterocycles. The summed E-state index contributed by atoms with van der Waals surface area (Å²) in [6, 6.07) is 4.18. The molecule has 0 saturated carbocycles. The molecule has 1 aromatic rings. The first kappa shape index (κ1) is 14.9. The van der Waals surface area contributed by atoms with E-state index < -0.39 is 11.9 Å². The fourth-order valence-corrected chi connectivity index (χ4v) is 2.07. The molecule has 0 spiro atoms. The minimum absolute atomic E-state index is 0.0695. The number of halogens is 2. The zero-order valence-corrected chi connectivity index (χ0v) is 11.4. The van der Waals surface area contributed by atoms with Gasteiger partial charge in [0.25, 0.3) is 0 Å². The van der Waals surface area contributed by atoms with Gasteiger partial charge in [0, 0.05) is 17.6 Å². The molecule has 2 unspecified atom stereocenters. The first-order valence-corrected chi connectivity index (χ1v) is 6.08. The van der Waals surface area contributed by atoms with Gasteiger partial charge in [0.2, 0.25) is 0 Å². The zero-order valence-electron chi connectivity index (χ0n) is 10.7. The maximum absolute atomic E-state index is 13.0. The van der Waals surface area contributed by atoms with Crippen molar-refractivity contribution in [3.8, 4) is 0 Å². The molecule has 1 N–H and O–H groups in total. The molecule has 0 saturated heterocycles. The summed E-state index contributed by atoms with van der Waals surface area (Å²) >= 11 is 5.98. The number of hydrogen-bond donors (Lipinski definition) is 1. The topological polar surface area (TPSA) is 40.5 Å². The lowest BCUT2D eigenvalue weighted by atomic mass is 10.1. The van der Waals surface area contributed by atoms with Crippen LogP contribution in [0, 0.1) is 11.7 Å². The van der Waals surface area contributed by atoms with Crippen molar-refractivity contribution in [3.05, 3.63) is 34.6 Å². The first-order chi connectivity index (χ1) is 8.32. The molecule has 0 radical (unpaired) electrons. The van der Waals surface area contributed by atoms with E-state index in [0.717, 1.165) is 5.56 Å². The van der Waals surface area contributed by atoms with Crippen molar-refractivity contribution in [3.63, 3.8) is 0 Å². The average Bonchev–Trinajstić information content (AvgIpc) is 2.27. The van der Waals surface area contributed by atoms with Gasteiger partial charge >= 0.3 is 5.97 Å². The molecule has 0 fully saturated rings. The summed E-state index contributed by atoms with van der Waals surface area (Å²) in [5.74, 6) is -1.67. The predicted octanol–water partition coefficient (Wildman–Crippen LogP) is 3.19. The molecular formula is C13H17ClFNO2. The van der Waals surface area contributed by atoms with E-state index in [1.807, 2.05) is 18.9 Å². The van der Waals surface area contributed by atoms with Crippen molar-refractivity contribution in [1.29, 1.82) is 0 Å². The summed E-state index contributed by atoms with van der Waals surface area (Å²) in [7, 11) is 1.82. The third-order valence-corrected chi connectivity index (χ3v) is 3.38. The van der Waals surface area contributed by atoms with Gasteiger partial charge in [0.05, 0.1) is 5.92 Å². The van der Waals surface area contributed by atoms with Crippen LogP contribution in [-0.4, -0.2) is 29.6 Å². The Kier molecular flexibility index (Phi) is 5.11. The van der Waals surface area contributed by atoms with E-state index in [9.17, 15) is 9.18 Å². The first-order valence-electron chi connectivity index (χ1n) is 5.71. The van der Waals surface area contributed by atoms with Crippen LogP contribution in [0.25, 0.3) is 0 Å². The minimum Gasteiger partial charge on any atom is -0.481 e. The van der Waals surface area contributed by atoms with Crippen molar-refractivity contribution in [2.24, 2.45) is 5.92 Å². The van der Waals surface area contributed by atoms with Crippen LogP contribution in [0.15, 0.2) is 18.2 Å². The van der Waals surface area contributed by atoms with Crippen molar-refractivity contribution in [1.82, 2.24) is 4.90 Å². The SMILES string of the molecule is CC(CN(C)C(C)c1ccc(F)cc1Cl)C(=O)O. The minimum atomic E-state index is -0.834. The number of carboxylic acid groups (broad SMARTS) is 1. The van der Waals surface area contributed by atoms with Crippen LogP contribution >= 0.6 is 11.6 Å². The quantitative estimate of drug-likeness (QED) is 0.896. The van der Waals surface area contributed by atoms with Crippen LogP contribution < -0.4 is 0 Å². The summed E-state index contributed by atoms with van der Waals surface area (Å²) in [4.78, 5) is 12.7. The van der Waals surface area contributed by atoms with Crippen LogP contribution in [0.3, 0.4) is 0 Å². The van der Waals surface area contributed by atoms with E-state index in [2.05, 4.69) is 0 Å². The Balaban J connectivity index is 2.80. The highest BCUT2D eigenvalue weighted by molar-refractivity contribution is 6.31. The van der Waals surface area contributed by atoms with Gasteiger partial charge in [-0.15, -0.1) is 0 Å². The fourth-order valence-electron chi connectivity index (χ4n) is 1.75. The molecular weight excluding hydrogens is 257 g/mol. The van der Waals surface area contributed by atoms with Crippen LogP contribution in [0.2, 0.25) is 5.02 Å². The normalized spacial score (nSPS) is 14.6. The highest BCUT2D eigenvalue weighted by Crippen LogP contribution is 2.27. The molecule has 3 nitrogen and oxygen atoms in total. The van der Waals surface area contributed by atoms with Crippen LogP contribution in [0.5, 0.6) is 0 Å². The van der Waals surface area contributed by atoms with Gasteiger partial charge < -0.3 is 5.11 Å². The van der Waals surface area contributed by atoms with Crippen LogP contribution in [0.1, 0.15) is 25.5 Å². The molecule has 1 aromatic carbocycles. The molecule has 0 aliphatic heterocycles. The number of carbonyl (C=O) groups is 1. The van der Waals surface area contributed by atoms with Gasteiger partial charge in [-0.1, -0.05) is 24.6 Å².